The lowest BCUT2D eigenvalue weighted by molar-refractivity contribution is 0.299. The van der Waals surface area contributed by atoms with Gasteiger partial charge in [-0.05, 0) is 44.1 Å². The Morgan fingerprint density at radius 2 is 1.95 bits per heavy atom. The number of benzene rings is 1. The fourth-order valence-electron chi connectivity index (χ4n) is 2.12. The minimum atomic E-state index is 0.731. The van der Waals surface area contributed by atoms with Gasteiger partial charge < -0.3 is 9.64 Å². The van der Waals surface area contributed by atoms with Crippen LogP contribution >= 0.6 is 0 Å². The molecule has 1 aromatic heterocycles. The highest BCUT2D eigenvalue weighted by atomic mass is 16.5. The van der Waals surface area contributed by atoms with Crippen LogP contribution in [0.1, 0.15) is 25.8 Å². The summed E-state index contributed by atoms with van der Waals surface area (Å²) in [5.74, 6) is 2.41. The van der Waals surface area contributed by atoms with E-state index in [1.807, 2.05) is 24.3 Å². The maximum Gasteiger partial charge on any atom is 0.145 e. The summed E-state index contributed by atoms with van der Waals surface area (Å²) in [6.07, 6.45) is 4.69. The lowest BCUT2D eigenvalue weighted by Crippen LogP contribution is -2.20. The monoisotopic (exact) mass is 284 g/mol. The number of nitrogens with zero attached hydrogens (tertiary/aromatic N) is 2. The van der Waals surface area contributed by atoms with Gasteiger partial charge in [0.05, 0.1) is 6.20 Å². The van der Waals surface area contributed by atoms with Crippen molar-refractivity contribution in [2.24, 2.45) is 5.92 Å². The second-order valence-electron chi connectivity index (χ2n) is 5.82. The zero-order chi connectivity index (χ0) is 15.1. The average Bonchev–Trinajstić information content (AvgIpc) is 2.48. The number of aromatic nitrogens is 1. The Labute approximate surface area is 127 Å². The number of para-hydroxylation sites is 1. The smallest absolute Gasteiger partial charge is 0.145 e. The lowest BCUT2D eigenvalue weighted by atomic mass is 10.1. The minimum Gasteiger partial charge on any atom is -0.455 e. The fraction of sp³-hybridized carbons (Fsp3) is 0.389. The third-order valence-electron chi connectivity index (χ3n) is 3.36. The van der Waals surface area contributed by atoms with Gasteiger partial charge in [-0.15, -0.1) is 0 Å². The summed E-state index contributed by atoms with van der Waals surface area (Å²) in [4.78, 5) is 6.42. The first-order valence-corrected chi connectivity index (χ1v) is 7.49. The van der Waals surface area contributed by atoms with E-state index in [-0.39, 0.29) is 0 Å². The van der Waals surface area contributed by atoms with Gasteiger partial charge in [0.15, 0.2) is 0 Å². The molecule has 1 aromatic carbocycles. The van der Waals surface area contributed by atoms with Crippen molar-refractivity contribution >= 4 is 0 Å². The minimum absolute atomic E-state index is 0.731. The molecule has 0 saturated heterocycles. The first-order valence-electron chi connectivity index (χ1n) is 7.49. The Morgan fingerprint density at radius 3 is 2.67 bits per heavy atom. The van der Waals surface area contributed by atoms with E-state index in [1.165, 1.54) is 12.0 Å². The molecule has 0 saturated carbocycles. The molecule has 3 heteroatoms. The standard InChI is InChI=1S/C18H24N2O/c1-15(2)10-12-20(3)14-16-7-4-5-9-18(16)21-17-8-6-11-19-13-17/h4-9,11,13,15H,10,12,14H2,1-3H3. The van der Waals surface area contributed by atoms with E-state index in [1.54, 1.807) is 12.4 Å². The van der Waals surface area contributed by atoms with Crippen molar-refractivity contribution in [2.45, 2.75) is 26.8 Å². The molecular formula is C18H24N2O. The van der Waals surface area contributed by atoms with Crippen molar-refractivity contribution in [3.8, 4) is 11.5 Å². The summed E-state index contributed by atoms with van der Waals surface area (Å²) < 4.78 is 5.95. The van der Waals surface area contributed by atoms with Crippen LogP contribution in [0.2, 0.25) is 0 Å². The van der Waals surface area contributed by atoms with Gasteiger partial charge in [0, 0.05) is 18.3 Å². The molecule has 0 radical (unpaired) electrons. The van der Waals surface area contributed by atoms with E-state index in [0.717, 1.165) is 30.5 Å². The molecule has 0 atom stereocenters. The van der Waals surface area contributed by atoms with E-state index >= 15 is 0 Å². The highest BCUT2D eigenvalue weighted by Crippen LogP contribution is 2.25. The van der Waals surface area contributed by atoms with Crippen LogP contribution in [-0.2, 0) is 6.54 Å². The van der Waals surface area contributed by atoms with Gasteiger partial charge in [-0.25, -0.2) is 0 Å². The first kappa shape index (κ1) is 15.5. The molecular weight excluding hydrogens is 260 g/mol. The molecule has 0 spiro atoms. The largest absolute Gasteiger partial charge is 0.455 e. The average molecular weight is 284 g/mol. The normalized spacial score (nSPS) is 11.1. The van der Waals surface area contributed by atoms with Crippen molar-refractivity contribution in [1.82, 2.24) is 9.88 Å². The summed E-state index contributed by atoms with van der Waals surface area (Å²) in [5.41, 5.74) is 1.20. The predicted octanol–water partition coefficient (Wildman–Crippen LogP) is 4.35. The molecule has 0 fully saturated rings. The number of pyridine rings is 1. The number of hydrogen-bond donors (Lipinski definition) is 0. The molecule has 0 aliphatic carbocycles. The summed E-state index contributed by atoms with van der Waals surface area (Å²) in [7, 11) is 2.16. The maximum atomic E-state index is 5.95. The molecule has 1 heterocycles. The van der Waals surface area contributed by atoms with Crippen LogP contribution in [0.15, 0.2) is 48.8 Å². The van der Waals surface area contributed by atoms with Crippen LogP contribution in [0.25, 0.3) is 0 Å². The van der Waals surface area contributed by atoms with Crippen molar-refractivity contribution in [2.75, 3.05) is 13.6 Å². The molecule has 0 amide bonds. The van der Waals surface area contributed by atoms with Gasteiger partial charge in [-0.1, -0.05) is 32.0 Å². The van der Waals surface area contributed by atoms with Crippen molar-refractivity contribution in [3.05, 3.63) is 54.4 Å². The third kappa shape index (κ3) is 5.20. The quantitative estimate of drug-likeness (QED) is 0.755. The van der Waals surface area contributed by atoms with Crippen LogP contribution in [0.4, 0.5) is 0 Å². The number of rotatable bonds is 7. The number of ether oxygens (including phenoxy) is 1. The van der Waals surface area contributed by atoms with E-state index < -0.39 is 0 Å². The van der Waals surface area contributed by atoms with Crippen LogP contribution in [-0.4, -0.2) is 23.5 Å². The van der Waals surface area contributed by atoms with Crippen LogP contribution in [0.5, 0.6) is 11.5 Å². The van der Waals surface area contributed by atoms with Gasteiger partial charge in [0.1, 0.15) is 11.5 Å². The first-order chi connectivity index (χ1) is 10.1. The fourth-order valence-corrected chi connectivity index (χ4v) is 2.12. The molecule has 2 aromatic rings. The highest BCUT2D eigenvalue weighted by molar-refractivity contribution is 5.36. The zero-order valence-corrected chi connectivity index (χ0v) is 13.1. The van der Waals surface area contributed by atoms with E-state index in [0.29, 0.717) is 0 Å². The Morgan fingerprint density at radius 1 is 1.14 bits per heavy atom. The van der Waals surface area contributed by atoms with Crippen molar-refractivity contribution in [3.63, 3.8) is 0 Å². The second-order valence-corrected chi connectivity index (χ2v) is 5.82. The van der Waals surface area contributed by atoms with Gasteiger partial charge in [-0.3, -0.25) is 4.98 Å². The van der Waals surface area contributed by atoms with Gasteiger partial charge in [0.2, 0.25) is 0 Å². The highest BCUT2D eigenvalue weighted by Gasteiger charge is 2.08. The Kier molecular flexibility index (Phi) is 5.76. The van der Waals surface area contributed by atoms with Gasteiger partial charge >= 0.3 is 0 Å². The topological polar surface area (TPSA) is 25.4 Å². The molecule has 0 N–H and O–H groups in total. The van der Waals surface area contributed by atoms with Crippen LogP contribution < -0.4 is 4.74 Å². The molecule has 0 aliphatic heterocycles. The molecule has 0 unspecified atom stereocenters. The number of hydrogen-bond acceptors (Lipinski definition) is 3. The van der Waals surface area contributed by atoms with Crippen LogP contribution in [0.3, 0.4) is 0 Å². The predicted molar refractivity (Wildman–Crippen MR) is 86.5 cm³/mol. The second kappa shape index (κ2) is 7.79. The Balaban J connectivity index is 2.03. The third-order valence-corrected chi connectivity index (χ3v) is 3.36. The van der Waals surface area contributed by atoms with Crippen molar-refractivity contribution in [1.29, 1.82) is 0 Å². The summed E-state index contributed by atoms with van der Waals surface area (Å²) >= 11 is 0. The van der Waals surface area contributed by atoms with E-state index in [4.69, 9.17) is 4.74 Å². The maximum absolute atomic E-state index is 5.95. The Hall–Kier alpha value is -1.87. The lowest BCUT2D eigenvalue weighted by Gasteiger charge is -2.19. The zero-order valence-electron chi connectivity index (χ0n) is 13.1. The molecule has 3 nitrogen and oxygen atoms in total. The Bertz CT molecular complexity index is 540. The van der Waals surface area contributed by atoms with Crippen LogP contribution in [0, 0.1) is 5.92 Å². The molecule has 0 bridgehead atoms. The van der Waals surface area contributed by atoms with E-state index in [9.17, 15) is 0 Å². The summed E-state index contributed by atoms with van der Waals surface area (Å²) in [5, 5.41) is 0. The summed E-state index contributed by atoms with van der Waals surface area (Å²) in [6, 6.07) is 12.0. The molecule has 2 rings (SSSR count). The molecule has 112 valence electrons. The molecule has 0 aliphatic rings. The van der Waals surface area contributed by atoms with E-state index in [2.05, 4.69) is 42.9 Å². The van der Waals surface area contributed by atoms with Gasteiger partial charge in [0.25, 0.3) is 0 Å². The SMILES string of the molecule is CC(C)CCN(C)Cc1ccccc1Oc1cccnc1. The summed E-state index contributed by atoms with van der Waals surface area (Å²) in [6.45, 7) is 6.50. The van der Waals surface area contributed by atoms with Crippen molar-refractivity contribution < 1.29 is 4.74 Å². The van der Waals surface area contributed by atoms with Gasteiger partial charge in [-0.2, -0.15) is 0 Å². The molecule has 21 heavy (non-hydrogen) atoms.